The Hall–Kier alpha value is -2.76. The summed E-state index contributed by atoms with van der Waals surface area (Å²) in [6.07, 6.45) is 2.08. The zero-order chi connectivity index (χ0) is 13.8. The molecule has 0 aliphatic carbocycles. The number of aryl methyl sites for hydroxylation is 1. The van der Waals surface area contributed by atoms with Crippen LogP contribution in [0, 0.1) is 17.0 Å². The standard InChI is InChI=1S/C13H10N2O4/c1-9-6-11(15(17)18)3-4-12(9)19-13-5-2-10(8-16)7-14-13/h2-8H,1H3. The van der Waals surface area contributed by atoms with Crippen molar-refractivity contribution in [1.29, 1.82) is 0 Å². The lowest BCUT2D eigenvalue weighted by Gasteiger charge is -2.07. The van der Waals surface area contributed by atoms with Gasteiger partial charge in [0, 0.05) is 30.0 Å². The van der Waals surface area contributed by atoms with Gasteiger partial charge in [0.1, 0.15) is 5.75 Å². The van der Waals surface area contributed by atoms with Crippen molar-refractivity contribution in [2.24, 2.45) is 0 Å². The van der Waals surface area contributed by atoms with E-state index in [9.17, 15) is 14.9 Å². The molecule has 2 aromatic rings. The number of ether oxygens (including phenoxy) is 1. The van der Waals surface area contributed by atoms with E-state index in [1.165, 1.54) is 24.4 Å². The average molecular weight is 258 g/mol. The molecule has 1 heterocycles. The van der Waals surface area contributed by atoms with Crippen molar-refractivity contribution in [2.75, 3.05) is 0 Å². The second kappa shape index (κ2) is 5.26. The highest BCUT2D eigenvalue weighted by atomic mass is 16.6. The second-order valence-corrected chi connectivity index (χ2v) is 3.86. The number of hydrogen-bond donors (Lipinski definition) is 0. The molecular weight excluding hydrogens is 248 g/mol. The average Bonchev–Trinajstić information content (AvgIpc) is 2.41. The minimum atomic E-state index is -0.464. The largest absolute Gasteiger partial charge is 0.439 e. The predicted molar refractivity (Wildman–Crippen MR) is 67.5 cm³/mol. The number of nitro benzene ring substituents is 1. The van der Waals surface area contributed by atoms with Gasteiger partial charge in [0.05, 0.1) is 4.92 Å². The molecule has 6 heteroatoms. The predicted octanol–water partition coefficient (Wildman–Crippen LogP) is 2.90. The van der Waals surface area contributed by atoms with Gasteiger partial charge in [0.15, 0.2) is 6.29 Å². The topological polar surface area (TPSA) is 82.3 Å². The zero-order valence-corrected chi connectivity index (χ0v) is 10.1. The van der Waals surface area contributed by atoms with Crippen LogP contribution in [0.15, 0.2) is 36.5 Å². The molecule has 0 aliphatic rings. The molecule has 0 saturated carbocycles. The van der Waals surface area contributed by atoms with Crippen molar-refractivity contribution >= 4 is 12.0 Å². The summed E-state index contributed by atoms with van der Waals surface area (Å²) in [5.41, 5.74) is 1.09. The molecule has 96 valence electrons. The lowest BCUT2D eigenvalue weighted by atomic mass is 10.2. The van der Waals surface area contributed by atoms with Crippen LogP contribution in [0.2, 0.25) is 0 Å². The van der Waals surface area contributed by atoms with Crippen LogP contribution in [-0.4, -0.2) is 16.2 Å². The normalized spacial score (nSPS) is 9.95. The Balaban J connectivity index is 2.22. The highest BCUT2D eigenvalue weighted by Gasteiger charge is 2.09. The molecule has 0 bridgehead atoms. The zero-order valence-electron chi connectivity index (χ0n) is 10.1. The van der Waals surface area contributed by atoms with E-state index in [0.717, 1.165) is 0 Å². The third-order valence-corrected chi connectivity index (χ3v) is 2.48. The van der Waals surface area contributed by atoms with Crippen LogP contribution in [0.25, 0.3) is 0 Å². The summed E-state index contributed by atoms with van der Waals surface area (Å²) in [4.78, 5) is 24.6. The molecule has 2 rings (SSSR count). The Bertz CT molecular complexity index is 623. The van der Waals surface area contributed by atoms with Gasteiger partial charge in [-0.15, -0.1) is 0 Å². The Morgan fingerprint density at radius 3 is 2.63 bits per heavy atom. The summed E-state index contributed by atoms with van der Waals surface area (Å²) in [5, 5.41) is 10.6. The fourth-order valence-electron chi connectivity index (χ4n) is 1.50. The van der Waals surface area contributed by atoms with Gasteiger partial charge >= 0.3 is 0 Å². The van der Waals surface area contributed by atoms with Gasteiger partial charge in [-0.05, 0) is 24.6 Å². The van der Waals surface area contributed by atoms with Gasteiger partial charge < -0.3 is 4.74 Å². The van der Waals surface area contributed by atoms with Crippen LogP contribution in [0.3, 0.4) is 0 Å². The highest BCUT2D eigenvalue weighted by molar-refractivity contribution is 5.74. The molecule has 0 fully saturated rings. The third-order valence-electron chi connectivity index (χ3n) is 2.48. The first kappa shape index (κ1) is 12.7. The van der Waals surface area contributed by atoms with Crippen molar-refractivity contribution in [3.8, 4) is 11.6 Å². The fraction of sp³-hybridized carbons (Fsp3) is 0.0769. The smallest absolute Gasteiger partial charge is 0.269 e. The maximum atomic E-state index is 10.6. The van der Waals surface area contributed by atoms with Crippen LogP contribution in [0.1, 0.15) is 15.9 Å². The maximum absolute atomic E-state index is 10.6. The van der Waals surface area contributed by atoms with E-state index in [1.807, 2.05) is 0 Å². The minimum absolute atomic E-state index is 0.00844. The van der Waals surface area contributed by atoms with Crippen molar-refractivity contribution in [1.82, 2.24) is 4.98 Å². The fourth-order valence-corrected chi connectivity index (χ4v) is 1.50. The molecule has 0 aliphatic heterocycles. The molecule has 6 nitrogen and oxygen atoms in total. The number of pyridine rings is 1. The SMILES string of the molecule is Cc1cc([N+](=O)[O-])ccc1Oc1ccc(C=O)cn1. The van der Waals surface area contributed by atoms with Gasteiger partial charge in [-0.25, -0.2) is 4.98 Å². The number of aldehydes is 1. The van der Waals surface area contributed by atoms with Crippen LogP contribution in [-0.2, 0) is 0 Å². The van der Waals surface area contributed by atoms with E-state index in [1.54, 1.807) is 19.1 Å². The number of hydrogen-bond acceptors (Lipinski definition) is 5. The summed E-state index contributed by atoms with van der Waals surface area (Å²) in [6.45, 7) is 1.71. The van der Waals surface area contributed by atoms with E-state index in [4.69, 9.17) is 4.74 Å². The maximum Gasteiger partial charge on any atom is 0.269 e. The molecular formula is C13H10N2O4. The molecule has 0 N–H and O–H groups in total. The van der Waals surface area contributed by atoms with E-state index in [-0.39, 0.29) is 5.69 Å². The number of carbonyl (C=O) groups excluding carboxylic acids is 1. The number of aromatic nitrogens is 1. The summed E-state index contributed by atoms with van der Waals surface area (Å²) in [7, 11) is 0. The van der Waals surface area contributed by atoms with Crippen LogP contribution in [0.4, 0.5) is 5.69 Å². The van der Waals surface area contributed by atoms with E-state index in [2.05, 4.69) is 4.98 Å². The molecule has 0 radical (unpaired) electrons. The summed E-state index contributed by atoms with van der Waals surface area (Å²) < 4.78 is 5.49. The Labute approximate surface area is 108 Å². The number of non-ortho nitro benzene ring substituents is 1. The lowest BCUT2D eigenvalue weighted by Crippen LogP contribution is -1.93. The van der Waals surface area contributed by atoms with E-state index < -0.39 is 4.92 Å². The van der Waals surface area contributed by atoms with E-state index >= 15 is 0 Å². The number of rotatable bonds is 4. The second-order valence-electron chi connectivity index (χ2n) is 3.86. The monoisotopic (exact) mass is 258 g/mol. The number of benzene rings is 1. The van der Waals surface area contributed by atoms with E-state index in [0.29, 0.717) is 29.0 Å². The Kier molecular flexibility index (Phi) is 3.51. The third kappa shape index (κ3) is 2.92. The molecule has 0 atom stereocenters. The van der Waals surface area contributed by atoms with Gasteiger partial charge in [-0.1, -0.05) is 0 Å². The van der Waals surface area contributed by atoms with Crippen molar-refractivity contribution < 1.29 is 14.5 Å². The number of carbonyl (C=O) groups is 1. The summed E-state index contributed by atoms with van der Waals surface area (Å²) >= 11 is 0. The van der Waals surface area contributed by atoms with Gasteiger partial charge in [-0.3, -0.25) is 14.9 Å². The number of nitrogens with zero attached hydrogens (tertiary/aromatic N) is 2. The molecule has 0 amide bonds. The lowest BCUT2D eigenvalue weighted by molar-refractivity contribution is -0.384. The molecule has 19 heavy (non-hydrogen) atoms. The van der Waals surface area contributed by atoms with Crippen molar-refractivity contribution in [3.05, 3.63) is 57.8 Å². The molecule has 1 aromatic heterocycles. The number of nitro groups is 1. The highest BCUT2D eigenvalue weighted by Crippen LogP contribution is 2.26. The van der Waals surface area contributed by atoms with Crippen LogP contribution in [0.5, 0.6) is 11.6 Å². The Morgan fingerprint density at radius 1 is 1.32 bits per heavy atom. The first-order valence-electron chi connectivity index (χ1n) is 5.44. The molecule has 1 aromatic carbocycles. The van der Waals surface area contributed by atoms with Crippen LogP contribution < -0.4 is 4.74 Å². The van der Waals surface area contributed by atoms with Crippen molar-refractivity contribution in [3.63, 3.8) is 0 Å². The van der Waals surface area contributed by atoms with Crippen LogP contribution >= 0.6 is 0 Å². The molecule has 0 spiro atoms. The van der Waals surface area contributed by atoms with Crippen molar-refractivity contribution in [2.45, 2.75) is 6.92 Å². The summed E-state index contributed by atoms with van der Waals surface area (Å²) in [6, 6.07) is 7.45. The van der Waals surface area contributed by atoms with Gasteiger partial charge in [0.2, 0.25) is 5.88 Å². The van der Waals surface area contributed by atoms with Gasteiger partial charge in [-0.2, -0.15) is 0 Å². The first-order chi connectivity index (χ1) is 9.10. The van der Waals surface area contributed by atoms with Gasteiger partial charge in [0.25, 0.3) is 5.69 Å². The summed E-state index contributed by atoms with van der Waals surface area (Å²) in [5.74, 6) is 0.805. The molecule has 0 saturated heterocycles. The molecule has 0 unspecified atom stereocenters. The first-order valence-corrected chi connectivity index (χ1v) is 5.44. The Morgan fingerprint density at radius 2 is 2.11 bits per heavy atom. The quantitative estimate of drug-likeness (QED) is 0.478. The minimum Gasteiger partial charge on any atom is -0.439 e.